The number of hydrogen-bond donors (Lipinski definition) is 1. The maximum Gasteiger partial charge on any atom is 0.337 e. The Bertz CT molecular complexity index is 1000. The summed E-state index contributed by atoms with van der Waals surface area (Å²) >= 11 is 0. The molecule has 32 heavy (non-hydrogen) atoms. The van der Waals surface area contributed by atoms with Crippen LogP contribution in [-0.2, 0) is 9.53 Å². The van der Waals surface area contributed by atoms with Gasteiger partial charge in [-0.05, 0) is 52.0 Å². The Morgan fingerprint density at radius 1 is 1.19 bits per heavy atom. The average Bonchev–Trinajstić information content (AvgIpc) is 2.68. The number of nitrogens with zero attached hydrogens (tertiary/aromatic N) is 2. The van der Waals surface area contributed by atoms with Gasteiger partial charge < -0.3 is 14.7 Å². The summed E-state index contributed by atoms with van der Waals surface area (Å²) in [7, 11) is 0. The van der Waals surface area contributed by atoms with Gasteiger partial charge >= 0.3 is 5.97 Å². The van der Waals surface area contributed by atoms with E-state index in [0.717, 1.165) is 18.9 Å². The Kier molecular flexibility index (Phi) is 6.61. The van der Waals surface area contributed by atoms with Gasteiger partial charge in [-0.2, -0.15) is 0 Å². The van der Waals surface area contributed by atoms with Crippen molar-refractivity contribution in [2.75, 3.05) is 18.0 Å². The van der Waals surface area contributed by atoms with Gasteiger partial charge in [-0.1, -0.05) is 26.0 Å². The molecule has 3 rings (SSSR count). The van der Waals surface area contributed by atoms with Crippen molar-refractivity contribution in [1.29, 1.82) is 0 Å². The Labute approximate surface area is 188 Å². The Morgan fingerprint density at radius 2 is 1.81 bits per heavy atom. The lowest BCUT2D eigenvalue weighted by Gasteiger charge is -2.41. The van der Waals surface area contributed by atoms with E-state index in [1.165, 1.54) is 18.3 Å². The first kappa shape index (κ1) is 24.1. The fourth-order valence-electron chi connectivity index (χ4n) is 4.09. The van der Waals surface area contributed by atoms with E-state index >= 15 is 0 Å². The molecule has 174 valence electrons. The van der Waals surface area contributed by atoms with Crippen molar-refractivity contribution in [2.45, 2.75) is 66.1 Å². The minimum Gasteiger partial charge on any atom is -0.479 e. The molecule has 1 aliphatic heterocycles. The first-order chi connectivity index (χ1) is 14.8. The van der Waals surface area contributed by atoms with Gasteiger partial charge in [0.25, 0.3) is 0 Å². The van der Waals surface area contributed by atoms with Gasteiger partial charge in [-0.3, -0.25) is 4.98 Å². The second-order valence-electron chi connectivity index (χ2n) is 10.2. The summed E-state index contributed by atoms with van der Waals surface area (Å²) in [6, 6.07) is 4.00. The lowest BCUT2D eigenvalue weighted by atomic mass is 9.82. The lowest BCUT2D eigenvalue weighted by Crippen LogP contribution is -2.39. The zero-order valence-corrected chi connectivity index (χ0v) is 19.6. The topological polar surface area (TPSA) is 62.7 Å². The molecular formula is C25H32F2N2O3. The number of pyridine rings is 1. The number of aliphatic carboxylic acids is 1. The van der Waals surface area contributed by atoms with E-state index in [2.05, 4.69) is 23.7 Å². The monoisotopic (exact) mass is 446 g/mol. The van der Waals surface area contributed by atoms with Gasteiger partial charge in [-0.25, -0.2) is 13.6 Å². The van der Waals surface area contributed by atoms with E-state index in [-0.39, 0.29) is 11.0 Å². The number of benzene rings is 1. The summed E-state index contributed by atoms with van der Waals surface area (Å²) in [5, 5.41) is 10.1. The second kappa shape index (κ2) is 8.77. The molecule has 1 aromatic carbocycles. The third kappa shape index (κ3) is 5.09. The van der Waals surface area contributed by atoms with Crippen molar-refractivity contribution < 1.29 is 23.4 Å². The molecule has 5 nitrogen and oxygen atoms in total. The molecule has 1 fully saturated rings. The highest BCUT2D eigenvalue weighted by Crippen LogP contribution is 2.44. The van der Waals surface area contributed by atoms with Crippen molar-refractivity contribution in [3.63, 3.8) is 0 Å². The number of piperidine rings is 1. The molecule has 1 aromatic heterocycles. The van der Waals surface area contributed by atoms with E-state index in [1.807, 2.05) is 0 Å². The molecule has 1 N–H and O–H groups in total. The number of rotatable bonds is 5. The maximum absolute atomic E-state index is 14.9. The van der Waals surface area contributed by atoms with Crippen molar-refractivity contribution in [1.82, 2.24) is 4.98 Å². The quantitative estimate of drug-likeness (QED) is 0.619. The van der Waals surface area contributed by atoms with Gasteiger partial charge in [0.1, 0.15) is 0 Å². The first-order valence-corrected chi connectivity index (χ1v) is 10.9. The van der Waals surface area contributed by atoms with Crippen LogP contribution >= 0.6 is 0 Å². The highest BCUT2D eigenvalue weighted by Gasteiger charge is 2.36. The molecule has 7 heteroatoms. The minimum absolute atomic E-state index is 0.0541. The minimum atomic E-state index is -1.30. The van der Waals surface area contributed by atoms with Crippen LogP contribution < -0.4 is 4.90 Å². The smallest absolute Gasteiger partial charge is 0.337 e. The number of carboxylic acid groups (broad SMARTS) is 1. The summed E-state index contributed by atoms with van der Waals surface area (Å²) in [6.07, 6.45) is 1.97. The Morgan fingerprint density at radius 3 is 2.38 bits per heavy atom. The van der Waals surface area contributed by atoms with Gasteiger partial charge in [0, 0.05) is 41.7 Å². The van der Waals surface area contributed by atoms with Gasteiger partial charge in [0.05, 0.1) is 11.3 Å². The van der Waals surface area contributed by atoms with Crippen LogP contribution in [0.15, 0.2) is 24.4 Å². The molecule has 0 saturated carbocycles. The summed E-state index contributed by atoms with van der Waals surface area (Å²) in [5.41, 5.74) is 1.25. The zero-order valence-electron chi connectivity index (χ0n) is 19.6. The van der Waals surface area contributed by atoms with Crippen molar-refractivity contribution in [2.24, 2.45) is 5.41 Å². The molecule has 0 spiro atoms. The van der Waals surface area contributed by atoms with Gasteiger partial charge in [-0.15, -0.1) is 0 Å². The normalized spacial score (nSPS) is 17.3. The number of anilines is 1. The Balaban J connectivity index is 2.28. The third-order valence-corrected chi connectivity index (χ3v) is 5.92. The highest BCUT2D eigenvalue weighted by atomic mass is 19.2. The van der Waals surface area contributed by atoms with Crippen LogP contribution in [-0.4, -0.2) is 34.8 Å². The lowest BCUT2D eigenvalue weighted by molar-refractivity contribution is -0.160. The fourth-order valence-corrected chi connectivity index (χ4v) is 4.09. The SMILES string of the molecule is Cc1ncc(-c2cccc(F)c2F)c(N2CCC(C)(C)CC2)c1C(OC(C)(C)C)C(=O)O. The molecule has 0 bridgehead atoms. The molecule has 0 aliphatic carbocycles. The molecule has 1 atom stereocenters. The number of aromatic nitrogens is 1. The molecular weight excluding hydrogens is 414 g/mol. The van der Waals surface area contributed by atoms with Crippen LogP contribution in [0.4, 0.5) is 14.5 Å². The van der Waals surface area contributed by atoms with Gasteiger partial charge in [0.2, 0.25) is 0 Å². The summed E-state index contributed by atoms with van der Waals surface area (Å²) in [5.74, 6) is -3.09. The molecule has 2 heterocycles. The molecule has 1 aliphatic rings. The van der Waals surface area contributed by atoms with Crippen LogP contribution in [0.3, 0.4) is 0 Å². The predicted octanol–water partition coefficient (Wildman–Crippen LogP) is 5.90. The summed E-state index contributed by atoms with van der Waals surface area (Å²) < 4.78 is 34.9. The standard InChI is InChI=1S/C25H32F2N2O3/c1-15-19(22(23(30)31)32-24(2,3)4)21(29-12-10-25(5,6)11-13-29)17(14-28-15)16-8-7-9-18(26)20(16)27/h7-9,14,22H,10-13H2,1-6H3,(H,30,31). The van der Waals surface area contributed by atoms with Crippen molar-refractivity contribution in [3.8, 4) is 11.1 Å². The van der Waals surface area contributed by atoms with Crippen molar-refractivity contribution >= 4 is 11.7 Å². The van der Waals surface area contributed by atoms with Crippen LogP contribution in [0.25, 0.3) is 11.1 Å². The number of carbonyl (C=O) groups is 1. The van der Waals surface area contributed by atoms with Crippen LogP contribution in [0.2, 0.25) is 0 Å². The first-order valence-electron chi connectivity index (χ1n) is 10.9. The van der Waals surface area contributed by atoms with Crippen molar-refractivity contribution in [3.05, 3.63) is 47.3 Å². The molecule has 1 saturated heterocycles. The van der Waals surface area contributed by atoms with E-state index in [4.69, 9.17) is 4.74 Å². The van der Waals surface area contributed by atoms with Gasteiger partial charge in [0.15, 0.2) is 17.7 Å². The third-order valence-electron chi connectivity index (χ3n) is 5.92. The molecule has 0 radical (unpaired) electrons. The number of ether oxygens (including phenoxy) is 1. The maximum atomic E-state index is 14.9. The van der Waals surface area contributed by atoms with E-state index in [0.29, 0.717) is 35.6 Å². The second-order valence-corrected chi connectivity index (χ2v) is 10.2. The fraction of sp³-hybridized carbons (Fsp3) is 0.520. The summed E-state index contributed by atoms with van der Waals surface area (Å²) in [4.78, 5) is 18.8. The highest BCUT2D eigenvalue weighted by molar-refractivity contribution is 5.86. The van der Waals surface area contributed by atoms with Crippen LogP contribution in [0.5, 0.6) is 0 Å². The largest absolute Gasteiger partial charge is 0.479 e. The number of hydrogen-bond acceptors (Lipinski definition) is 4. The predicted molar refractivity (Wildman–Crippen MR) is 121 cm³/mol. The Hall–Kier alpha value is -2.54. The zero-order chi connectivity index (χ0) is 23.8. The molecule has 2 aromatic rings. The molecule has 1 unspecified atom stereocenters. The van der Waals surface area contributed by atoms with Crippen LogP contribution in [0.1, 0.15) is 64.8 Å². The number of halogens is 2. The van der Waals surface area contributed by atoms with E-state index in [1.54, 1.807) is 27.7 Å². The van der Waals surface area contributed by atoms with Crippen LogP contribution in [0, 0.1) is 24.0 Å². The number of aryl methyl sites for hydroxylation is 1. The van der Waals surface area contributed by atoms with E-state index in [9.17, 15) is 18.7 Å². The van der Waals surface area contributed by atoms with E-state index < -0.39 is 29.3 Å². The summed E-state index contributed by atoms with van der Waals surface area (Å²) in [6.45, 7) is 12.8. The average molecular weight is 447 g/mol. The molecule has 0 amide bonds. The number of carboxylic acids is 1.